The van der Waals surface area contributed by atoms with Gasteiger partial charge < -0.3 is 20.7 Å². The van der Waals surface area contributed by atoms with E-state index in [0.29, 0.717) is 18.4 Å². The SMILES string of the molecule is CCOC1CC(CC(=O)N(CC(N)=O)C2CCNCC2)C1. The Kier molecular flexibility index (Phi) is 5.99. The quantitative estimate of drug-likeness (QED) is 0.706. The molecule has 1 heterocycles. The summed E-state index contributed by atoms with van der Waals surface area (Å²) in [6.07, 6.45) is 4.53. The van der Waals surface area contributed by atoms with Crippen LogP contribution in [0.2, 0.25) is 0 Å². The molecule has 0 aromatic rings. The Balaban J connectivity index is 1.84. The van der Waals surface area contributed by atoms with Crippen LogP contribution in [0.15, 0.2) is 0 Å². The summed E-state index contributed by atoms with van der Waals surface area (Å²) in [7, 11) is 0. The molecule has 2 aliphatic rings. The second-order valence-electron chi connectivity index (χ2n) is 6.09. The normalized spacial score (nSPS) is 26.1. The number of nitrogens with two attached hydrogens (primary N) is 1. The van der Waals surface area contributed by atoms with Crippen LogP contribution >= 0.6 is 0 Å². The zero-order valence-corrected chi connectivity index (χ0v) is 12.8. The van der Waals surface area contributed by atoms with Crippen LogP contribution in [-0.2, 0) is 14.3 Å². The predicted molar refractivity (Wildman–Crippen MR) is 79.6 cm³/mol. The summed E-state index contributed by atoms with van der Waals surface area (Å²) in [6.45, 7) is 4.55. The predicted octanol–water partition coefficient (Wildman–Crippen LogP) is 0.258. The van der Waals surface area contributed by atoms with E-state index >= 15 is 0 Å². The Morgan fingerprint density at radius 3 is 2.52 bits per heavy atom. The number of carbonyl (C=O) groups excluding carboxylic acids is 2. The highest BCUT2D eigenvalue weighted by molar-refractivity contribution is 5.84. The summed E-state index contributed by atoms with van der Waals surface area (Å²) in [5.41, 5.74) is 5.31. The Bertz CT molecular complexity index is 363. The molecule has 0 atom stereocenters. The molecule has 1 saturated heterocycles. The van der Waals surface area contributed by atoms with Gasteiger partial charge in [0.15, 0.2) is 0 Å². The summed E-state index contributed by atoms with van der Waals surface area (Å²) in [5.74, 6) is 0.0366. The first-order valence-electron chi connectivity index (χ1n) is 8.00. The molecule has 1 saturated carbocycles. The minimum atomic E-state index is -0.428. The highest BCUT2D eigenvalue weighted by Crippen LogP contribution is 2.33. The fourth-order valence-corrected chi connectivity index (χ4v) is 3.28. The van der Waals surface area contributed by atoms with Gasteiger partial charge >= 0.3 is 0 Å². The largest absolute Gasteiger partial charge is 0.378 e. The molecule has 0 radical (unpaired) electrons. The average Bonchev–Trinajstić information content (AvgIpc) is 2.43. The summed E-state index contributed by atoms with van der Waals surface area (Å²) in [4.78, 5) is 25.5. The van der Waals surface area contributed by atoms with E-state index in [1.54, 1.807) is 4.90 Å². The molecule has 0 spiro atoms. The van der Waals surface area contributed by atoms with Crippen LogP contribution in [-0.4, -0.2) is 55.1 Å². The highest BCUT2D eigenvalue weighted by Gasteiger charge is 2.34. The number of primary amides is 1. The summed E-state index contributed by atoms with van der Waals surface area (Å²) in [6, 6.07) is 0.147. The lowest BCUT2D eigenvalue weighted by molar-refractivity contribution is -0.140. The van der Waals surface area contributed by atoms with Crippen LogP contribution in [0, 0.1) is 5.92 Å². The fraction of sp³-hybridized carbons (Fsp3) is 0.867. The molecule has 21 heavy (non-hydrogen) atoms. The van der Waals surface area contributed by atoms with E-state index < -0.39 is 5.91 Å². The lowest BCUT2D eigenvalue weighted by atomic mass is 9.79. The number of nitrogens with zero attached hydrogens (tertiary/aromatic N) is 1. The van der Waals surface area contributed by atoms with E-state index in [1.807, 2.05) is 6.92 Å². The van der Waals surface area contributed by atoms with E-state index in [2.05, 4.69) is 5.32 Å². The fourth-order valence-electron chi connectivity index (χ4n) is 3.28. The summed E-state index contributed by atoms with van der Waals surface area (Å²) < 4.78 is 5.52. The number of rotatable bonds is 7. The third kappa shape index (κ3) is 4.68. The van der Waals surface area contributed by atoms with E-state index in [4.69, 9.17) is 10.5 Å². The lowest BCUT2D eigenvalue weighted by Crippen LogP contribution is -2.50. The van der Waals surface area contributed by atoms with Crippen molar-refractivity contribution >= 4 is 11.8 Å². The zero-order valence-electron chi connectivity index (χ0n) is 12.8. The third-order valence-corrected chi connectivity index (χ3v) is 4.45. The van der Waals surface area contributed by atoms with Crippen LogP contribution in [0.4, 0.5) is 0 Å². The molecule has 1 aliphatic carbocycles. The van der Waals surface area contributed by atoms with Crippen LogP contribution in [0.25, 0.3) is 0 Å². The van der Waals surface area contributed by atoms with Crippen molar-refractivity contribution in [1.29, 1.82) is 0 Å². The van der Waals surface area contributed by atoms with Crippen molar-refractivity contribution in [3.05, 3.63) is 0 Å². The number of nitrogens with one attached hydrogen (secondary N) is 1. The number of ether oxygens (including phenoxy) is 1. The molecule has 120 valence electrons. The van der Waals surface area contributed by atoms with Gasteiger partial charge in [0, 0.05) is 19.1 Å². The van der Waals surface area contributed by atoms with Crippen LogP contribution in [0.5, 0.6) is 0 Å². The Morgan fingerprint density at radius 1 is 1.29 bits per heavy atom. The molecule has 2 fully saturated rings. The highest BCUT2D eigenvalue weighted by atomic mass is 16.5. The van der Waals surface area contributed by atoms with Gasteiger partial charge in [-0.05, 0) is 51.6 Å². The van der Waals surface area contributed by atoms with Gasteiger partial charge in [0.1, 0.15) is 0 Å². The maximum atomic E-state index is 12.5. The molecule has 0 aromatic heterocycles. The number of amides is 2. The molecule has 2 amide bonds. The topological polar surface area (TPSA) is 84.7 Å². The molecule has 6 nitrogen and oxygen atoms in total. The van der Waals surface area contributed by atoms with Crippen molar-refractivity contribution < 1.29 is 14.3 Å². The standard InChI is InChI=1S/C15H27N3O3/c1-2-21-13-7-11(8-13)9-15(20)18(10-14(16)19)12-3-5-17-6-4-12/h11-13,17H,2-10H2,1H3,(H2,16,19). The first kappa shape index (κ1) is 16.2. The van der Waals surface area contributed by atoms with Gasteiger partial charge in [-0.25, -0.2) is 0 Å². The van der Waals surface area contributed by atoms with Gasteiger partial charge in [-0.1, -0.05) is 0 Å². The lowest BCUT2D eigenvalue weighted by Gasteiger charge is -2.38. The molecule has 0 bridgehead atoms. The average molecular weight is 297 g/mol. The molecule has 6 heteroatoms. The second kappa shape index (κ2) is 7.75. The monoisotopic (exact) mass is 297 g/mol. The van der Waals surface area contributed by atoms with Crippen LogP contribution < -0.4 is 11.1 Å². The van der Waals surface area contributed by atoms with Crippen molar-refractivity contribution in [2.24, 2.45) is 11.7 Å². The Morgan fingerprint density at radius 2 is 1.95 bits per heavy atom. The Labute approximate surface area is 126 Å². The second-order valence-corrected chi connectivity index (χ2v) is 6.09. The van der Waals surface area contributed by atoms with E-state index in [-0.39, 0.29) is 18.5 Å². The molecule has 0 unspecified atom stereocenters. The van der Waals surface area contributed by atoms with E-state index in [0.717, 1.165) is 45.4 Å². The maximum Gasteiger partial charge on any atom is 0.237 e. The summed E-state index contributed by atoms with van der Waals surface area (Å²) >= 11 is 0. The number of hydrogen-bond acceptors (Lipinski definition) is 4. The zero-order chi connectivity index (χ0) is 15.2. The van der Waals surface area contributed by atoms with Gasteiger partial charge in [0.05, 0.1) is 12.6 Å². The minimum Gasteiger partial charge on any atom is -0.378 e. The van der Waals surface area contributed by atoms with E-state index in [9.17, 15) is 9.59 Å². The molecule has 2 rings (SSSR count). The van der Waals surface area contributed by atoms with Crippen molar-refractivity contribution in [2.45, 2.75) is 51.2 Å². The van der Waals surface area contributed by atoms with Crippen molar-refractivity contribution in [2.75, 3.05) is 26.2 Å². The molecule has 0 aromatic carbocycles. The first-order valence-corrected chi connectivity index (χ1v) is 8.00. The van der Waals surface area contributed by atoms with Crippen molar-refractivity contribution in [3.63, 3.8) is 0 Å². The molecule has 3 N–H and O–H groups in total. The Hall–Kier alpha value is -1.14. The van der Waals surface area contributed by atoms with Gasteiger partial charge in [-0.3, -0.25) is 9.59 Å². The number of piperidine rings is 1. The molecular formula is C15H27N3O3. The molecule has 1 aliphatic heterocycles. The van der Waals surface area contributed by atoms with Gasteiger partial charge in [0.25, 0.3) is 0 Å². The van der Waals surface area contributed by atoms with Gasteiger partial charge in [-0.15, -0.1) is 0 Å². The molecular weight excluding hydrogens is 270 g/mol. The van der Waals surface area contributed by atoms with E-state index in [1.165, 1.54) is 0 Å². The van der Waals surface area contributed by atoms with Gasteiger partial charge in [-0.2, -0.15) is 0 Å². The van der Waals surface area contributed by atoms with Crippen LogP contribution in [0.3, 0.4) is 0 Å². The number of carbonyl (C=O) groups is 2. The third-order valence-electron chi connectivity index (χ3n) is 4.45. The minimum absolute atomic E-state index is 0.0467. The van der Waals surface area contributed by atoms with Crippen LogP contribution in [0.1, 0.15) is 39.0 Å². The first-order chi connectivity index (χ1) is 10.1. The van der Waals surface area contributed by atoms with Gasteiger partial charge in [0.2, 0.25) is 11.8 Å². The maximum absolute atomic E-state index is 12.5. The summed E-state index contributed by atoms with van der Waals surface area (Å²) in [5, 5.41) is 3.27. The smallest absolute Gasteiger partial charge is 0.237 e. The van der Waals surface area contributed by atoms with Crippen molar-refractivity contribution in [3.8, 4) is 0 Å². The van der Waals surface area contributed by atoms with Crippen molar-refractivity contribution in [1.82, 2.24) is 10.2 Å². The number of hydrogen-bond donors (Lipinski definition) is 2.